The number of nitrogens with two attached hydrogens (primary N) is 1. The molecule has 22 heavy (non-hydrogen) atoms. The van der Waals surface area contributed by atoms with Crippen LogP contribution in [-0.4, -0.2) is 23.2 Å². The molecule has 0 fully saturated rings. The van der Waals surface area contributed by atoms with Gasteiger partial charge in [0.2, 0.25) is 0 Å². The van der Waals surface area contributed by atoms with E-state index < -0.39 is 11.7 Å². The van der Waals surface area contributed by atoms with E-state index in [1.165, 1.54) is 47.8 Å². The lowest BCUT2D eigenvalue weighted by atomic mass is 10.1. The van der Waals surface area contributed by atoms with Crippen molar-refractivity contribution in [2.24, 2.45) is 5.73 Å². The largest absolute Gasteiger partial charge is 0.365 e. The first kappa shape index (κ1) is 18.5. The molecule has 3 nitrogen and oxygen atoms in total. The number of hydrogen-bond acceptors (Lipinski definition) is 4. The van der Waals surface area contributed by atoms with Crippen molar-refractivity contribution in [1.82, 2.24) is 0 Å². The quantitative estimate of drug-likeness (QED) is 0.446. The summed E-state index contributed by atoms with van der Waals surface area (Å²) in [5.74, 6) is -0.0242. The van der Waals surface area contributed by atoms with E-state index in [9.17, 15) is 14.0 Å². The zero-order chi connectivity index (χ0) is 16.5. The van der Waals surface area contributed by atoms with Crippen LogP contribution in [0.4, 0.5) is 4.39 Å². The normalized spacial score (nSPS) is 10.7. The Bertz CT molecular complexity index is 587. The third-order valence-electron chi connectivity index (χ3n) is 2.54. The van der Waals surface area contributed by atoms with Gasteiger partial charge < -0.3 is 5.73 Å². The van der Waals surface area contributed by atoms with Crippen LogP contribution in [0.25, 0.3) is 6.08 Å². The van der Waals surface area contributed by atoms with Crippen LogP contribution in [-0.2, 0) is 9.59 Å². The van der Waals surface area contributed by atoms with Gasteiger partial charge in [-0.3, -0.25) is 9.59 Å². The lowest BCUT2D eigenvalue weighted by molar-refractivity contribution is -0.118. The molecule has 0 aromatic heterocycles. The van der Waals surface area contributed by atoms with Crippen molar-refractivity contribution in [3.05, 3.63) is 51.5 Å². The predicted octanol–water partition coefficient (Wildman–Crippen LogP) is 3.61. The molecule has 0 heterocycles. The lowest BCUT2D eigenvalue weighted by Gasteiger charge is -2.08. The molecule has 0 saturated heterocycles. The molecule has 2 N–H and O–H groups in total. The van der Waals surface area contributed by atoms with Gasteiger partial charge in [0.05, 0.1) is 4.24 Å². The maximum absolute atomic E-state index is 12.8. The number of rotatable bonds is 8. The van der Waals surface area contributed by atoms with Crippen molar-refractivity contribution >= 4 is 41.3 Å². The van der Waals surface area contributed by atoms with E-state index in [0.717, 1.165) is 11.5 Å². The number of carbonyl (C=O) groups is 2. The van der Waals surface area contributed by atoms with Crippen molar-refractivity contribution in [3.8, 4) is 0 Å². The highest BCUT2D eigenvalue weighted by Crippen LogP contribution is 2.31. The molecule has 0 spiro atoms. The summed E-state index contributed by atoms with van der Waals surface area (Å²) in [6.07, 6.45) is 2.83. The Labute approximate surface area is 138 Å². The first-order chi connectivity index (χ1) is 10.5. The number of benzene rings is 1. The zero-order valence-electron chi connectivity index (χ0n) is 12.5. The Morgan fingerprint density at radius 2 is 1.68 bits per heavy atom. The average Bonchev–Trinajstić information content (AvgIpc) is 2.47. The number of amides is 1. The Balaban J connectivity index is 3.05. The van der Waals surface area contributed by atoms with Crippen LogP contribution in [0.1, 0.15) is 19.4 Å². The second kappa shape index (κ2) is 9.48. The summed E-state index contributed by atoms with van der Waals surface area (Å²) in [5.41, 5.74) is 6.04. The smallest absolute Gasteiger partial charge is 0.254 e. The standard InChI is InChI=1S/C16H18FNO2S2/c1-3-21-16(22-4-2)14(15(18)20)13(19)10-7-11-5-8-12(17)9-6-11/h5-10H,3-4H2,1-2H3,(H2,18,20)/b10-7+. The van der Waals surface area contributed by atoms with Crippen molar-refractivity contribution in [2.75, 3.05) is 11.5 Å². The maximum Gasteiger partial charge on any atom is 0.254 e. The van der Waals surface area contributed by atoms with Crippen LogP contribution in [0, 0.1) is 5.82 Å². The average molecular weight is 339 g/mol. The topological polar surface area (TPSA) is 60.2 Å². The highest BCUT2D eigenvalue weighted by Gasteiger charge is 2.19. The summed E-state index contributed by atoms with van der Waals surface area (Å²) in [4.78, 5) is 23.9. The second-order valence-electron chi connectivity index (χ2n) is 4.14. The molecular weight excluding hydrogens is 321 g/mol. The Hall–Kier alpha value is -1.53. The molecule has 118 valence electrons. The number of allylic oxidation sites excluding steroid dienone is 1. The summed E-state index contributed by atoms with van der Waals surface area (Å²) in [5, 5.41) is 0. The molecular formula is C16H18FNO2S2. The molecule has 1 aromatic rings. The van der Waals surface area contributed by atoms with Gasteiger partial charge in [-0.2, -0.15) is 0 Å². The third kappa shape index (κ3) is 5.69. The molecule has 0 atom stereocenters. The molecule has 0 saturated carbocycles. The van der Waals surface area contributed by atoms with Gasteiger partial charge >= 0.3 is 0 Å². The number of hydrogen-bond donors (Lipinski definition) is 1. The fourth-order valence-electron chi connectivity index (χ4n) is 1.60. The van der Waals surface area contributed by atoms with Gasteiger partial charge in [0, 0.05) is 0 Å². The summed E-state index contributed by atoms with van der Waals surface area (Å²) < 4.78 is 13.5. The first-order valence-corrected chi connectivity index (χ1v) is 8.74. The van der Waals surface area contributed by atoms with Crippen molar-refractivity contribution in [3.63, 3.8) is 0 Å². The minimum Gasteiger partial charge on any atom is -0.365 e. The summed E-state index contributed by atoms with van der Waals surface area (Å²) in [6.45, 7) is 3.89. The molecule has 0 radical (unpaired) electrons. The molecule has 0 unspecified atom stereocenters. The molecule has 0 bridgehead atoms. The summed E-state index contributed by atoms with van der Waals surface area (Å²) in [7, 11) is 0. The van der Waals surface area contributed by atoms with Crippen LogP contribution < -0.4 is 5.73 Å². The molecule has 0 aliphatic heterocycles. The summed E-state index contributed by atoms with van der Waals surface area (Å²) >= 11 is 2.85. The van der Waals surface area contributed by atoms with Crippen molar-refractivity contribution in [2.45, 2.75) is 13.8 Å². The molecule has 6 heteroatoms. The van der Waals surface area contributed by atoms with Crippen LogP contribution in [0.3, 0.4) is 0 Å². The predicted molar refractivity (Wildman–Crippen MR) is 92.9 cm³/mol. The molecule has 1 amide bonds. The number of halogens is 1. The van der Waals surface area contributed by atoms with E-state index in [2.05, 4.69) is 0 Å². The van der Waals surface area contributed by atoms with Crippen LogP contribution >= 0.6 is 23.5 Å². The monoisotopic (exact) mass is 339 g/mol. The number of thioether (sulfide) groups is 2. The minimum absolute atomic E-state index is 0.0112. The molecule has 1 aromatic carbocycles. The van der Waals surface area contributed by atoms with Gasteiger partial charge in [-0.05, 0) is 35.3 Å². The van der Waals surface area contributed by atoms with Gasteiger partial charge in [0.25, 0.3) is 5.91 Å². The Morgan fingerprint density at radius 1 is 1.14 bits per heavy atom. The van der Waals surface area contributed by atoms with E-state index in [0.29, 0.717) is 9.80 Å². The maximum atomic E-state index is 12.8. The Kier molecular flexibility index (Phi) is 7.98. The first-order valence-electron chi connectivity index (χ1n) is 6.77. The SMILES string of the molecule is CCSC(SCC)=C(C(N)=O)C(=O)/C=C/c1ccc(F)cc1. The van der Waals surface area contributed by atoms with Crippen LogP contribution in [0.2, 0.25) is 0 Å². The van der Waals surface area contributed by atoms with Gasteiger partial charge in [-0.25, -0.2) is 4.39 Å². The van der Waals surface area contributed by atoms with E-state index >= 15 is 0 Å². The van der Waals surface area contributed by atoms with Crippen LogP contribution in [0.15, 0.2) is 40.2 Å². The van der Waals surface area contributed by atoms with Gasteiger partial charge in [0.15, 0.2) is 5.78 Å². The van der Waals surface area contributed by atoms with E-state index in [1.807, 2.05) is 13.8 Å². The lowest BCUT2D eigenvalue weighted by Crippen LogP contribution is -2.20. The second-order valence-corrected chi connectivity index (χ2v) is 6.95. The van der Waals surface area contributed by atoms with E-state index in [4.69, 9.17) is 5.73 Å². The number of carbonyl (C=O) groups excluding carboxylic acids is 2. The molecule has 1 rings (SSSR count). The van der Waals surface area contributed by atoms with E-state index in [-0.39, 0.29) is 11.4 Å². The highest BCUT2D eigenvalue weighted by molar-refractivity contribution is 8.22. The van der Waals surface area contributed by atoms with Gasteiger partial charge in [0.1, 0.15) is 11.4 Å². The zero-order valence-corrected chi connectivity index (χ0v) is 14.1. The fourth-order valence-corrected chi connectivity index (χ4v) is 3.86. The van der Waals surface area contributed by atoms with E-state index in [1.54, 1.807) is 12.1 Å². The third-order valence-corrected chi connectivity index (χ3v) is 4.76. The van der Waals surface area contributed by atoms with Crippen molar-refractivity contribution in [1.29, 1.82) is 0 Å². The number of ketones is 1. The van der Waals surface area contributed by atoms with Gasteiger partial charge in [-0.15, -0.1) is 23.5 Å². The Morgan fingerprint density at radius 3 is 2.14 bits per heavy atom. The number of primary amides is 1. The fraction of sp³-hybridized carbons (Fsp3) is 0.250. The van der Waals surface area contributed by atoms with Crippen LogP contribution in [0.5, 0.6) is 0 Å². The molecule has 0 aliphatic rings. The summed E-state index contributed by atoms with van der Waals surface area (Å²) in [6, 6.07) is 5.71. The van der Waals surface area contributed by atoms with Crippen molar-refractivity contribution < 1.29 is 14.0 Å². The highest BCUT2D eigenvalue weighted by atomic mass is 32.2. The molecule has 0 aliphatic carbocycles. The van der Waals surface area contributed by atoms with Gasteiger partial charge in [-0.1, -0.05) is 32.1 Å². The minimum atomic E-state index is -0.731.